The fraction of sp³-hybridized carbons (Fsp3) is 0.474. The van der Waals surface area contributed by atoms with E-state index in [1.807, 2.05) is 25.1 Å². The number of hydrogen-bond acceptors (Lipinski definition) is 4. The molecule has 0 saturated heterocycles. The fourth-order valence-corrected chi connectivity index (χ4v) is 3.08. The lowest BCUT2D eigenvalue weighted by Crippen LogP contribution is -2.30. The summed E-state index contributed by atoms with van der Waals surface area (Å²) in [6.07, 6.45) is 10.0. The number of benzene rings is 1. The van der Waals surface area contributed by atoms with E-state index in [1.165, 1.54) is 12.8 Å². The molecule has 1 N–H and O–H groups in total. The van der Waals surface area contributed by atoms with Gasteiger partial charge < -0.3 is 19.4 Å². The fourth-order valence-electron chi connectivity index (χ4n) is 3.08. The van der Waals surface area contributed by atoms with Gasteiger partial charge in [0.25, 0.3) is 0 Å². The van der Waals surface area contributed by atoms with Crippen molar-refractivity contribution in [1.82, 2.24) is 14.9 Å². The Morgan fingerprint density at radius 1 is 1.36 bits per heavy atom. The van der Waals surface area contributed by atoms with E-state index in [2.05, 4.69) is 10.3 Å². The Morgan fingerprint density at radius 2 is 2.16 bits per heavy atom. The zero-order chi connectivity index (χ0) is 17.6. The molecule has 1 amide bonds. The molecule has 1 heterocycles. The largest absolute Gasteiger partial charge is 0.493 e. The van der Waals surface area contributed by atoms with E-state index in [4.69, 9.17) is 9.47 Å². The van der Waals surface area contributed by atoms with Crippen LogP contribution >= 0.6 is 0 Å². The molecule has 3 rings (SSSR count). The molecule has 6 nitrogen and oxygen atoms in total. The van der Waals surface area contributed by atoms with Crippen molar-refractivity contribution in [3.63, 3.8) is 0 Å². The Morgan fingerprint density at radius 3 is 2.84 bits per heavy atom. The van der Waals surface area contributed by atoms with Gasteiger partial charge >= 0.3 is 0 Å². The van der Waals surface area contributed by atoms with E-state index in [-0.39, 0.29) is 18.1 Å². The van der Waals surface area contributed by atoms with Crippen LogP contribution in [0.3, 0.4) is 0 Å². The summed E-state index contributed by atoms with van der Waals surface area (Å²) in [6, 6.07) is 5.52. The summed E-state index contributed by atoms with van der Waals surface area (Å²) < 4.78 is 13.3. The normalized spacial score (nSPS) is 15.8. The first-order valence-electron chi connectivity index (χ1n) is 8.76. The Bertz CT molecular complexity index is 694. The van der Waals surface area contributed by atoms with E-state index >= 15 is 0 Å². The van der Waals surface area contributed by atoms with Gasteiger partial charge in [-0.25, -0.2) is 4.98 Å². The number of carbonyl (C=O) groups is 1. The van der Waals surface area contributed by atoms with Gasteiger partial charge in [0.15, 0.2) is 11.5 Å². The highest BCUT2D eigenvalue weighted by atomic mass is 16.5. The zero-order valence-electron chi connectivity index (χ0n) is 14.8. The predicted molar refractivity (Wildman–Crippen MR) is 94.7 cm³/mol. The van der Waals surface area contributed by atoms with Gasteiger partial charge in [0, 0.05) is 18.9 Å². The predicted octanol–water partition coefficient (Wildman–Crippen LogP) is 3.09. The van der Waals surface area contributed by atoms with Gasteiger partial charge in [-0.15, -0.1) is 0 Å². The van der Waals surface area contributed by atoms with E-state index in [1.54, 1.807) is 30.4 Å². The highest BCUT2D eigenvalue weighted by Crippen LogP contribution is 2.32. The van der Waals surface area contributed by atoms with Crippen molar-refractivity contribution < 1.29 is 14.3 Å². The molecule has 1 fully saturated rings. The van der Waals surface area contributed by atoms with Gasteiger partial charge in [-0.05, 0) is 50.3 Å². The summed E-state index contributed by atoms with van der Waals surface area (Å²) in [5.41, 5.74) is 0.974. The summed E-state index contributed by atoms with van der Waals surface area (Å²) in [7, 11) is 1.64. The molecule has 1 aromatic heterocycles. The molecule has 2 aromatic rings. The van der Waals surface area contributed by atoms with Crippen LogP contribution in [0, 0.1) is 0 Å². The summed E-state index contributed by atoms with van der Waals surface area (Å²) in [5, 5.41) is 2.95. The van der Waals surface area contributed by atoms with Crippen molar-refractivity contribution in [3.8, 4) is 11.5 Å². The molecule has 0 bridgehead atoms. The van der Waals surface area contributed by atoms with Gasteiger partial charge in [-0.2, -0.15) is 0 Å². The highest BCUT2D eigenvalue weighted by molar-refractivity contribution is 5.79. The van der Waals surface area contributed by atoms with Gasteiger partial charge in [0.1, 0.15) is 6.04 Å². The summed E-state index contributed by atoms with van der Waals surface area (Å²) in [4.78, 5) is 16.2. The van der Waals surface area contributed by atoms with Crippen molar-refractivity contribution in [2.45, 2.75) is 51.3 Å². The lowest BCUT2D eigenvalue weighted by atomic mass is 10.2. The molecule has 1 aliphatic rings. The molecule has 1 unspecified atom stereocenters. The third-order valence-electron chi connectivity index (χ3n) is 4.64. The van der Waals surface area contributed by atoms with Gasteiger partial charge in [0.2, 0.25) is 5.91 Å². The molecular weight excluding hydrogens is 318 g/mol. The number of nitrogens with zero attached hydrogens (tertiary/aromatic N) is 2. The van der Waals surface area contributed by atoms with E-state index in [9.17, 15) is 4.79 Å². The first-order valence-corrected chi connectivity index (χ1v) is 8.76. The maximum absolute atomic E-state index is 12.3. The van der Waals surface area contributed by atoms with Crippen LogP contribution in [0.4, 0.5) is 0 Å². The first kappa shape index (κ1) is 17.3. The molecule has 6 heteroatoms. The number of rotatable bonds is 7. The van der Waals surface area contributed by atoms with Gasteiger partial charge in [0.05, 0.1) is 19.5 Å². The number of hydrogen-bond donors (Lipinski definition) is 1. The zero-order valence-corrected chi connectivity index (χ0v) is 14.8. The van der Waals surface area contributed by atoms with Crippen LogP contribution in [0.5, 0.6) is 11.5 Å². The number of nitrogens with one attached hydrogen (secondary N) is 1. The SMILES string of the molecule is COc1cc(CNC(=O)C(C)n2ccnc2)ccc1OC1CCCC1. The lowest BCUT2D eigenvalue weighted by Gasteiger charge is -2.17. The van der Waals surface area contributed by atoms with Gasteiger partial charge in [-0.1, -0.05) is 6.07 Å². The minimum atomic E-state index is -0.297. The average Bonchev–Trinajstić information content (AvgIpc) is 3.33. The number of methoxy groups -OCH3 is 1. The highest BCUT2D eigenvalue weighted by Gasteiger charge is 2.19. The molecular formula is C19H25N3O3. The van der Waals surface area contributed by atoms with Crippen LogP contribution in [-0.2, 0) is 11.3 Å². The van der Waals surface area contributed by atoms with Crippen molar-refractivity contribution in [2.75, 3.05) is 7.11 Å². The molecule has 1 atom stereocenters. The standard InChI is InChI=1S/C19H25N3O3/c1-14(22-10-9-20-13-22)19(23)21-12-15-7-8-17(18(11-15)24-2)25-16-5-3-4-6-16/h7-11,13-14,16H,3-6,12H2,1-2H3,(H,21,23). The van der Waals surface area contributed by atoms with E-state index < -0.39 is 0 Å². The molecule has 1 saturated carbocycles. The maximum atomic E-state index is 12.3. The Balaban J connectivity index is 1.59. The minimum absolute atomic E-state index is 0.0525. The molecule has 1 aliphatic carbocycles. The van der Waals surface area contributed by atoms with Crippen molar-refractivity contribution >= 4 is 5.91 Å². The summed E-state index contributed by atoms with van der Waals surface area (Å²) in [5.74, 6) is 1.43. The molecule has 25 heavy (non-hydrogen) atoms. The molecule has 134 valence electrons. The lowest BCUT2D eigenvalue weighted by molar-refractivity contribution is -0.124. The number of imidazole rings is 1. The maximum Gasteiger partial charge on any atom is 0.243 e. The smallest absolute Gasteiger partial charge is 0.243 e. The molecule has 0 spiro atoms. The summed E-state index contributed by atoms with van der Waals surface area (Å²) in [6.45, 7) is 2.29. The van der Waals surface area contributed by atoms with Crippen LogP contribution in [0.25, 0.3) is 0 Å². The van der Waals surface area contributed by atoms with Crippen molar-refractivity contribution in [3.05, 3.63) is 42.5 Å². The second-order valence-electron chi connectivity index (χ2n) is 6.41. The summed E-state index contributed by atoms with van der Waals surface area (Å²) >= 11 is 0. The van der Waals surface area contributed by atoms with Crippen LogP contribution in [0.1, 0.15) is 44.2 Å². The van der Waals surface area contributed by atoms with Crippen LogP contribution in [-0.4, -0.2) is 28.7 Å². The Hall–Kier alpha value is -2.50. The van der Waals surface area contributed by atoms with E-state index in [0.29, 0.717) is 12.3 Å². The van der Waals surface area contributed by atoms with Crippen LogP contribution < -0.4 is 14.8 Å². The molecule has 1 aromatic carbocycles. The van der Waals surface area contributed by atoms with Crippen LogP contribution in [0.15, 0.2) is 36.9 Å². The van der Waals surface area contributed by atoms with Crippen LogP contribution in [0.2, 0.25) is 0 Å². The minimum Gasteiger partial charge on any atom is -0.493 e. The number of ether oxygens (including phenoxy) is 2. The van der Waals surface area contributed by atoms with Crippen molar-refractivity contribution in [2.24, 2.45) is 0 Å². The first-order chi connectivity index (χ1) is 12.2. The number of carbonyl (C=O) groups excluding carboxylic acids is 1. The number of aromatic nitrogens is 2. The second-order valence-corrected chi connectivity index (χ2v) is 6.41. The third kappa shape index (κ3) is 4.32. The quantitative estimate of drug-likeness (QED) is 0.839. The Labute approximate surface area is 148 Å². The number of amides is 1. The van der Waals surface area contributed by atoms with Crippen molar-refractivity contribution in [1.29, 1.82) is 0 Å². The van der Waals surface area contributed by atoms with Gasteiger partial charge in [-0.3, -0.25) is 4.79 Å². The Kier molecular flexibility index (Phi) is 5.58. The average molecular weight is 343 g/mol. The topological polar surface area (TPSA) is 65.4 Å². The molecule has 0 radical (unpaired) electrons. The monoisotopic (exact) mass is 343 g/mol. The third-order valence-corrected chi connectivity index (χ3v) is 4.64. The second kappa shape index (κ2) is 8.05. The van der Waals surface area contributed by atoms with E-state index in [0.717, 1.165) is 24.2 Å². The molecule has 0 aliphatic heterocycles.